The Morgan fingerprint density at radius 2 is 1.00 bits per heavy atom. The van der Waals surface area contributed by atoms with E-state index in [-0.39, 0.29) is 0 Å². The third-order valence-corrected chi connectivity index (χ3v) is 7.54. The van der Waals surface area contributed by atoms with Gasteiger partial charge in [0.15, 0.2) is 11.2 Å². The van der Waals surface area contributed by atoms with Gasteiger partial charge < -0.3 is 13.7 Å². The van der Waals surface area contributed by atoms with Gasteiger partial charge in [-0.15, -0.1) is 0 Å². The Bertz CT molecular complexity index is 2130. The van der Waals surface area contributed by atoms with Crippen LogP contribution in [0.4, 0.5) is 17.1 Å². The third kappa shape index (κ3) is 4.46. The topological polar surface area (TPSA) is 79.1 Å². The molecule has 0 aliphatic rings. The van der Waals surface area contributed by atoms with Gasteiger partial charge in [-0.25, -0.2) is 9.97 Å². The molecule has 0 unspecified atom stereocenters. The lowest BCUT2D eigenvalue weighted by molar-refractivity contribution is 0.619. The van der Waals surface area contributed by atoms with Crippen LogP contribution in [0, 0.1) is 11.3 Å². The van der Waals surface area contributed by atoms with Crippen LogP contribution in [0.5, 0.6) is 0 Å². The molecule has 6 aromatic carbocycles. The molecule has 0 bridgehead atoms. The zero-order valence-corrected chi connectivity index (χ0v) is 22.8. The van der Waals surface area contributed by atoms with Crippen LogP contribution in [0.15, 0.2) is 142 Å². The van der Waals surface area contributed by atoms with Crippen molar-refractivity contribution in [2.45, 2.75) is 0 Å². The second-order valence-electron chi connectivity index (χ2n) is 10.3. The summed E-state index contributed by atoms with van der Waals surface area (Å²) in [5.41, 5.74) is 8.56. The van der Waals surface area contributed by atoms with Gasteiger partial charge in [0.1, 0.15) is 11.0 Å². The molecule has 6 nitrogen and oxygen atoms in total. The molecule has 0 aliphatic carbocycles. The highest BCUT2D eigenvalue weighted by Gasteiger charge is 2.16. The van der Waals surface area contributed by atoms with E-state index in [1.807, 2.05) is 91.0 Å². The Labute approximate surface area is 246 Å². The van der Waals surface area contributed by atoms with Crippen molar-refractivity contribution in [3.05, 3.63) is 139 Å². The highest BCUT2D eigenvalue weighted by molar-refractivity contribution is 5.90. The van der Waals surface area contributed by atoms with Crippen LogP contribution in [0.3, 0.4) is 0 Å². The number of nitriles is 1. The van der Waals surface area contributed by atoms with Crippen molar-refractivity contribution < 1.29 is 8.83 Å². The highest BCUT2D eigenvalue weighted by Crippen LogP contribution is 2.38. The van der Waals surface area contributed by atoms with Crippen molar-refractivity contribution in [2.75, 3.05) is 4.90 Å². The minimum atomic E-state index is 0.584. The first-order valence-electron chi connectivity index (χ1n) is 13.9. The third-order valence-electron chi connectivity index (χ3n) is 7.54. The largest absolute Gasteiger partial charge is 0.436 e. The van der Waals surface area contributed by atoms with E-state index >= 15 is 0 Å². The summed E-state index contributed by atoms with van der Waals surface area (Å²) in [5, 5.41) is 11.4. The second-order valence-corrected chi connectivity index (χ2v) is 10.3. The first kappa shape index (κ1) is 24.6. The smallest absolute Gasteiger partial charge is 0.227 e. The van der Waals surface area contributed by atoms with E-state index in [1.54, 1.807) is 0 Å². The van der Waals surface area contributed by atoms with Crippen LogP contribution in [0.25, 0.3) is 55.9 Å². The van der Waals surface area contributed by atoms with Crippen LogP contribution in [-0.2, 0) is 0 Å². The molecule has 0 amide bonds. The molecule has 0 atom stereocenters. The molecule has 43 heavy (non-hydrogen) atoms. The Morgan fingerprint density at radius 3 is 1.53 bits per heavy atom. The molecule has 2 aromatic heterocycles. The SMILES string of the molecule is N#Cc1ccc2cc(N(c3ccc(-c4nc5ccccc5o4)cc3)c3ccc(-c4nc5ccccc5o4)cc3)ccc2c1. The summed E-state index contributed by atoms with van der Waals surface area (Å²) in [4.78, 5) is 11.5. The quantitative estimate of drug-likeness (QED) is 0.211. The van der Waals surface area contributed by atoms with Gasteiger partial charge in [0.2, 0.25) is 11.8 Å². The number of aromatic nitrogens is 2. The minimum Gasteiger partial charge on any atom is -0.436 e. The monoisotopic (exact) mass is 554 g/mol. The summed E-state index contributed by atoms with van der Waals surface area (Å²) in [5.74, 6) is 1.17. The van der Waals surface area contributed by atoms with Crippen LogP contribution >= 0.6 is 0 Å². The van der Waals surface area contributed by atoms with E-state index in [9.17, 15) is 5.26 Å². The summed E-state index contributed by atoms with van der Waals surface area (Å²) < 4.78 is 12.0. The molecule has 0 saturated carbocycles. The average molecular weight is 555 g/mol. The predicted molar refractivity (Wildman–Crippen MR) is 169 cm³/mol. The number of oxazole rings is 2. The molecular weight excluding hydrogens is 532 g/mol. The maximum Gasteiger partial charge on any atom is 0.227 e. The lowest BCUT2D eigenvalue weighted by Crippen LogP contribution is -2.09. The maximum atomic E-state index is 9.35. The molecule has 8 aromatic rings. The average Bonchev–Trinajstić information content (AvgIpc) is 3.70. The Morgan fingerprint density at radius 1 is 0.512 bits per heavy atom. The summed E-state index contributed by atoms with van der Waals surface area (Å²) in [6.07, 6.45) is 0. The zero-order chi connectivity index (χ0) is 28.8. The highest BCUT2D eigenvalue weighted by atomic mass is 16.4. The van der Waals surface area contributed by atoms with Crippen LogP contribution < -0.4 is 4.90 Å². The first-order valence-corrected chi connectivity index (χ1v) is 13.9. The van der Waals surface area contributed by atoms with Crippen molar-refractivity contribution in [3.63, 3.8) is 0 Å². The number of nitrogens with zero attached hydrogens (tertiary/aromatic N) is 4. The summed E-state index contributed by atoms with van der Waals surface area (Å²) >= 11 is 0. The van der Waals surface area contributed by atoms with Crippen molar-refractivity contribution >= 4 is 50.0 Å². The van der Waals surface area contributed by atoms with E-state index in [2.05, 4.69) is 63.4 Å². The molecule has 2 heterocycles. The molecule has 0 aliphatic heterocycles. The van der Waals surface area contributed by atoms with E-state index in [1.165, 1.54) is 0 Å². The molecule has 8 rings (SSSR count). The summed E-state index contributed by atoms with van der Waals surface area (Å²) in [6, 6.07) is 46.2. The molecule has 0 fully saturated rings. The normalized spacial score (nSPS) is 11.2. The van der Waals surface area contributed by atoms with E-state index < -0.39 is 0 Å². The predicted octanol–water partition coefficient (Wildman–Crippen LogP) is 9.80. The number of para-hydroxylation sites is 4. The van der Waals surface area contributed by atoms with Gasteiger partial charge in [-0.1, -0.05) is 36.4 Å². The fraction of sp³-hybridized carbons (Fsp3) is 0. The van der Waals surface area contributed by atoms with Crippen molar-refractivity contribution in [2.24, 2.45) is 0 Å². The standard InChI is InChI=1S/C37H22N4O2/c38-23-24-9-10-28-22-31(20-15-27(28)21-24)41(29-16-11-25(12-17-29)36-39-32-5-1-3-7-34(32)42-36)30-18-13-26(14-19-30)37-40-33-6-2-4-8-35(33)43-37/h1-22H. The molecular formula is C37H22N4O2. The van der Waals surface area contributed by atoms with E-state index in [0.717, 1.165) is 61.2 Å². The number of fused-ring (bicyclic) bond motifs is 3. The molecule has 0 spiro atoms. The number of benzene rings is 6. The molecule has 6 heteroatoms. The number of hydrogen-bond acceptors (Lipinski definition) is 6. The Hall–Kier alpha value is -6.19. The van der Waals surface area contributed by atoms with Gasteiger partial charge >= 0.3 is 0 Å². The molecule has 202 valence electrons. The lowest BCUT2D eigenvalue weighted by atomic mass is 10.1. The second kappa shape index (κ2) is 10.0. The minimum absolute atomic E-state index is 0.584. The molecule has 0 N–H and O–H groups in total. The van der Waals surface area contributed by atoms with Gasteiger partial charge in [0, 0.05) is 28.2 Å². The van der Waals surface area contributed by atoms with Crippen molar-refractivity contribution in [1.82, 2.24) is 9.97 Å². The zero-order valence-electron chi connectivity index (χ0n) is 22.8. The Balaban J connectivity index is 1.20. The first-order chi connectivity index (χ1) is 21.2. The fourth-order valence-corrected chi connectivity index (χ4v) is 5.39. The summed E-state index contributed by atoms with van der Waals surface area (Å²) in [7, 11) is 0. The molecule has 0 radical (unpaired) electrons. The number of anilines is 3. The van der Waals surface area contributed by atoms with Crippen LogP contribution in [0.1, 0.15) is 5.56 Å². The van der Waals surface area contributed by atoms with Gasteiger partial charge in [-0.2, -0.15) is 5.26 Å². The molecule has 0 saturated heterocycles. The van der Waals surface area contributed by atoms with Crippen LogP contribution in [-0.4, -0.2) is 9.97 Å². The number of rotatable bonds is 5. The van der Waals surface area contributed by atoms with Crippen LogP contribution in [0.2, 0.25) is 0 Å². The maximum absolute atomic E-state index is 9.35. The van der Waals surface area contributed by atoms with Crippen molar-refractivity contribution in [3.8, 4) is 29.0 Å². The summed E-state index contributed by atoms with van der Waals surface area (Å²) in [6.45, 7) is 0. The number of hydrogen-bond donors (Lipinski definition) is 0. The fourth-order valence-electron chi connectivity index (χ4n) is 5.39. The van der Waals surface area contributed by atoms with Gasteiger partial charge in [0.25, 0.3) is 0 Å². The van der Waals surface area contributed by atoms with Gasteiger partial charge in [-0.05, 0) is 108 Å². The van der Waals surface area contributed by atoms with E-state index in [4.69, 9.17) is 8.83 Å². The van der Waals surface area contributed by atoms with Gasteiger partial charge in [0.05, 0.1) is 11.6 Å². The lowest BCUT2D eigenvalue weighted by Gasteiger charge is -2.26. The van der Waals surface area contributed by atoms with Gasteiger partial charge in [-0.3, -0.25) is 0 Å². The van der Waals surface area contributed by atoms with E-state index in [0.29, 0.717) is 17.3 Å². The Kier molecular flexibility index (Phi) is 5.73. The van der Waals surface area contributed by atoms with Crippen molar-refractivity contribution in [1.29, 1.82) is 5.26 Å².